The summed E-state index contributed by atoms with van der Waals surface area (Å²) in [5.41, 5.74) is -0.286. The van der Waals surface area contributed by atoms with Crippen LogP contribution in [0.15, 0.2) is 0 Å². The number of rotatable bonds is 11. The molecule has 0 rings (SSSR count). The smallest absolute Gasteiger partial charge is 0.0525 e. The van der Waals surface area contributed by atoms with Gasteiger partial charge in [0.15, 0.2) is 0 Å². The zero-order valence-electron chi connectivity index (χ0n) is 11.2. The predicted molar refractivity (Wildman–Crippen MR) is 67.8 cm³/mol. The number of aliphatic hydroxyl groups excluding tert-OH is 3. The summed E-state index contributed by atoms with van der Waals surface area (Å²) >= 11 is 0. The van der Waals surface area contributed by atoms with E-state index in [-0.39, 0.29) is 25.2 Å². The lowest BCUT2D eigenvalue weighted by Gasteiger charge is -2.32. The minimum atomic E-state index is -0.286. The van der Waals surface area contributed by atoms with E-state index in [0.717, 1.165) is 6.42 Å². The molecule has 0 saturated heterocycles. The molecule has 0 aromatic heterocycles. The molecule has 17 heavy (non-hydrogen) atoms. The Morgan fingerprint density at radius 1 is 1.00 bits per heavy atom. The standard InChI is InChI=1S/C13H28O4/c1-3-12(2)10-17-11-13(4-7-14,5-8-15)6-9-16/h12,14-16H,3-11H2,1-2H3/t12-/m1/s1. The zero-order chi connectivity index (χ0) is 13.1. The maximum atomic E-state index is 9.09. The lowest BCUT2D eigenvalue weighted by atomic mass is 9.79. The Morgan fingerprint density at radius 3 is 1.82 bits per heavy atom. The highest BCUT2D eigenvalue weighted by molar-refractivity contribution is 4.79. The third-order valence-electron chi connectivity index (χ3n) is 3.43. The lowest BCUT2D eigenvalue weighted by Crippen LogP contribution is -2.31. The van der Waals surface area contributed by atoms with Gasteiger partial charge in [0.25, 0.3) is 0 Å². The summed E-state index contributed by atoms with van der Waals surface area (Å²) in [5, 5.41) is 27.3. The molecule has 0 fully saturated rings. The Bertz CT molecular complexity index is 156. The molecule has 0 aromatic carbocycles. The molecule has 0 aromatic rings. The van der Waals surface area contributed by atoms with Crippen molar-refractivity contribution in [2.24, 2.45) is 11.3 Å². The van der Waals surface area contributed by atoms with Gasteiger partial charge in [0.2, 0.25) is 0 Å². The summed E-state index contributed by atoms with van der Waals surface area (Å²) in [4.78, 5) is 0. The molecule has 1 atom stereocenters. The summed E-state index contributed by atoms with van der Waals surface area (Å²) in [6.45, 7) is 5.63. The van der Waals surface area contributed by atoms with Gasteiger partial charge in [-0.3, -0.25) is 0 Å². The van der Waals surface area contributed by atoms with Crippen LogP contribution in [-0.4, -0.2) is 48.4 Å². The van der Waals surface area contributed by atoms with Gasteiger partial charge in [-0.15, -0.1) is 0 Å². The van der Waals surface area contributed by atoms with Gasteiger partial charge in [-0.05, 0) is 25.2 Å². The van der Waals surface area contributed by atoms with E-state index in [1.165, 1.54) is 0 Å². The molecule has 4 heteroatoms. The maximum absolute atomic E-state index is 9.09. The van der Waals surface area contributed by atoms with Crippen LogP contribution in [0.3, 0.4) is 0 Å². The predicted octanol–water partition coefficient (Wildman–Crippen LogP) is 1.18. The second-order valence-corrected chi connectivity index (χ2v) is 4.95. The largest absolute Gasteiger partial charge is 0.396 e. The first-order valence-electron chi connectivity index (χ1n) is 6.54. The van der Waals surface area contributed by atoms with Crippen molar-refractivity contribution in [1.82, 2.24) is 0 Å². The second kappa shape index (κ2) is 9.83. The van der Waals surface area contributed by atoms with Crippen LogP contribution >= 0.6 is 0 Å². The number of aliphatic hydroxyl groups is 3. The first kappa shape index (κ1) is 16.8. The highest BCUT2D eigenvalue weighted by Crippen LogP contribution is 2.31. The Morgan fingerprint density at radius 2 is 1.47 bits per heavy atom. The third kappa shape index (κ3) is 6.99. The molecule has 0 aliphatic rings. The maximum Gasteiger partial charge on any atom is 0.0525 e. The fourth-order valence-electron chi connectivity index (χ4n) is 1.90. The van der Waals surface area contributed by atoms with E-state index in [4.69, 9.17) is 20.1 Å². The van der Waals surface area contributed by atoms with E-state index in [0.29, 0.717) is 38.4 Å². The zero-order valence-corrected chi connectivity index (χ0v) is 11.2. The van der Waals surface area contributed by atoms with Crippen molar-refractivity contribution in [1.29, 1.82) is 0 Å². The van der Waals surface area contributed by atoms with Crippen molar-refractivity contribution in [3.8, 4) is 0 Å². The summed E-state index contributed by atoms with van der Waals surface area (Å²) in [6.07, 6.45) is 2.77. The van der Waals surface area contributed by atoms with Gasteiger partial charge in [0.1, 0.15) is 0 Å². The highest BCUT2D eigenvalue weighted by Gasteiger charge is 2.29. The van der Waals surface area contributed by atoms with Crippen LogP contribution in [0.2, 0.25) is 0 Å². The van der Waals surface area contributed by atoms with Crippen molar-refractivity contribution < 1.29 is 20.1 Å². The fourth-order valence-corrected chi connectivity index (χ4v) is 1.90. The van der Waals surface area contributed by atoms with Crippen LogP contribution in [0.25, 0.3) is 0 Å². The van der Waals surface area contributed by atoms with Gasteiger partial charge >= 0.3 is 0 Å². The molecular formula is C13H28O4. The second-order valence-electron chi connectivity index (χ2n) is 4.95. The van der Waals surface area contributed by atoms with Crippen LogP contribution in [0.1, 0.15) is 39.5 Å². The molecule has 4 nitrogen and oxygen atoms in total. The van der Waals surface area contributed by atoms with Crippen molar-refractivity contribution in [2.75, 3.05) is 33.0 Å². The first-order valence-corrected chi connectivity index (χ1v) is 6.54. The van der Waals surface area contributed by atoms with E-state index < -0.39 is 0 Å². The third-order valence-corrected chi connectivity index (χ3v) is 3.43. The monoisotopic (exact) mass is 248 g/mol. The van der Waals surface area contributed by atoms with Crippen LogP contribution in [0.4, 0.5) is 0 Å². The van der Waals surface area contributed by atoms with E-state index in [1.807, 2.05) is 0 Å². The van der Waals surface area contributed by atoms with Crippen LogP contribution < -0.4 is 0 Å². The van der Waals surface area contributed by atoms with Crippen molar-refractivity contribution in [3.63, 3.8) is 0 Å². The Balaban J connectivity index is 4.23. The molecule has 0 unspecified atom stereocenters. The molecule has 104 valence electrons. The van der Waals surface area contributed by atoms with E-state index in [2.05, 4.69) is 13.8 Å². The Labute approximate surface area is 105 Å². The molecule has 0 bridgehead atoms. The van der Waals surface area contributed by atoms with E-state index in [9.17, 15) is 0 Å². The van der Waals surface area contributed by atoms with Crippen LogP contribution in [-0.2, 0) is 4.74 Å². The van der Waals surface area contributed by atoms with Crippen molar-refractivity contribution in [2.45, 2.75) is 39.5 Å². The number of hydrogen-bond acceptors (Lipinski definition) is 4. The quantitative estimate of drug-likeness (QED) is 0.513. The molecule has 0 amide bonds. The summed E-state index contributed by atoms with van der Waals surface area (Å²) in [7, 11) is 0. The van der Waals surface area contributed by atoms with E-state index >= 15 is 0 Å². The normalized spacial score (nSPS) is 13.9. The van der Waals surface area contributed by atoms with Gasteiger partial charge in [-0.25, -0.2) is 0 Å². The SMILES string of the molecule is CC[C@@H](C)COCC(CCO)(CCO)CCO. The minimum Gasteiger partial charge on any atom is -0.396 e. The highest BCUT2D eigenvalue weighted by atomic mass is 16.5. The van der Waals surface area contributed by atoms with E-state index in [1.54, 1.807) is 0 Å². The molecule has 0 saturated carbocycles. The Kier molecular flexibility index (Phi) is 9.74. The fraction of sp³-hybridized carbons (Fsp3) is 1.00. The molecule has 0 aliphatic carbocycles. The summed E-state index contributed by atoms with van der Waals surface area (Å²) in [5.74, 6) is 0.519. The first-order chi connectivity index (χ1) is 8.14. The van der Waals surface area contributed by atoms with Crippen LogP contribution in [0.5, 0.6) is 0 Å². The molecule has 0 heterocycles. The number of hydrogen-bond donors (Lipinski definition) is 3. The lowest BCUT2D eigenvalue weighted by molar-refractivity contribution is -0.0120. The van der Waals surface area contributed by atoms with Gasteiger partial charge < -0.3 is 20.1 Å². The summed E-state index contributed by atoms with van der Waals surface area (Å²) < 4.78 is 5.68. The van der Waals surface area contributed by atoms with Gasteiger partial charge in [0.05, 0.1) is 6.61 Å². The average molecular weight is 248 g/mol. The summed E-state index contributed by atoms with van der Waals surface area (Å²) in [6, 6.07) is 0. The molecule has 0 spiro atoms. The minimum absolute atomic E-state index is 0.0622. The van der Waals surface area contributed by atoms with Crippen molar-refractivity contribution in [3.05, 3.63) is 0 Å². The average Bonchev–Trinajstić information content (AvgIpc) is 2.30. The molecule has 0 radical (unpaired) electrons. The van der Waals surface area contributed by atoms with Crippen molar-refractivity contribution >= 4 is 0 Å². The topological polar surface area (TPSA) is 69.9 Å². The number of ether oxygens (including phenoxy) is 1. The molecule has 0 aliphatic heterocycles. The van der Waals surface area contributed by atoms with Gasteiger partial charge in [-0.2, -0.15) is 0 Å². The Hall–Kier alpha value is -0.160. The van der Waals surface area contributed by atoms with Crippen LogP contribution in [0, 0.1) is 11.3 Å². The molecular weight excluding hydrogens is 220 g/mol. The molecule has 3 N–H and O–H groups in total. The van der Waals surface area contributed by atoms with Gasteiger partial charge in [-0.1, -0.05) is 20.3 Å². The van der Waals surface area contributed by atoms with Gasteiger partial charge in [0, 0.05) is 31.8 Å².